The van der Waals surface area contributed by atoms with Crippen molar-refractivity contribution < 1.29 is 4.79 Å². The molecule has 2 aromatic rings. The zero-order chi connectivity index (χ0) is 13.9. The standard InChI is InChI=1S/C16H16N2O2/c19-14-8-9-17-10-13(14)16(20)18-15(12-6-7-12)11-4-2-1-3-5-11/h1-5,8-10,12,15H,6-7H2,(H,17,19)(H,18,20). The first kappa shape index (κ1) is 12.7. The molecular formula is C16H16N2O2. The molecule has 0 saturated heterocycles. The molecule has 1 saturated carbocycles. The first-order chi connectivity index (χ1) is 9.75. The maximum atomic E-state index is 12.3. The number of amides is 1. The van der Waals surface area contributed by atoms with Gasteiger partial charge in [-0.1, -0.05) is 30.3 Å². The number of carbonyl (C=O) groups excluding carboxylic acids is 1. The Labute approximate surface area is 116 Å². The Hall–Kier alpha value is -2.36. The van der Waals surface area contributed by atoms with Gasteiger partial charge >= 0.3 is 0 Å². The smallest absolute Gasteiger partial charge is 0.257 e. The summed E-state index contributed by atoms with van der Waals surface area (Å²) in [5.74, 6) is 0.164. The van der Waals surface area contributed by atoms with E-state index in [9.17, 15) is 9.59 Å². The van der Waals surface area contributed by atoms with Crippen LogP contribution in [0.15, 0.2) is 53.6 Å². The van der Waals surface area contributed by atoms with Crippen LogP contribution in [0.4, 0.5) is 0 Å². The molecular weight excluding hydrogens is 252 g/mol. The topological polar surface area (TPSA) is 62.0 Å². The van der Waals surface area contributed by atoms with Crippen molar-refractivity contribution >= 4 is 5.91 Å². The Kier molecular flexibility index (Phi) is 3.37. The molecule has 20 heavy (non-hydrogen) atoms. The number of aromatic amines is 1. The highest BCUT2D eigenvalue weighted by Gasteiger charge is 2.33. The summed E-state index contributed by atoms with van der Waals surface area (Å²) in [4.78, 5) is 26.7. The lowest BCUT2D eigenvalue weighted by Crippen LogP contribution is -2.33. The van der Waals surface area contributed by atoms with Crippen molar-refractivity contribution in [3.8, 4) is 0 Å². The van der Waals surface area contributed by atoms with Gasteiger partial charge in [-0.25, -0.2) is 0 Å². The van der Waals surface area contributed by atoms with E-state index in [2.05, 4.69) is 10.3 Å². The van der Waals surface area contributed by atoms with E-state index >= 15 is 0 Å². The molecule has 102 valence electrons. The number of nitrogens with one attached hydrogen (secondary N) is 2. The van der Waals surface area contributed by atoms with Gasteiger partial charge in [-0.05, 0) is 24.3 Å². The van der Waals surface area contributed by atoms with Gasteiger partial charge in [-0.15, -0.1) is 0 Å². The van der Waals surface area contributed by atoms with Gasteiger partial charge in [0.1, 0.15) is 5.56 Å². The van der Waals surface area contributed by atoms with Gasteiger partial charge in [0.05, 0.1) is 6.04 Å². The Morgan fingerprint density at radius 2 is 1.95 bits per heavy atom. The minimum Gasteiger partial charge on any atom is -0.367 e. The highest BCUT2D eigenvalue weighted by Crippen LogP contribution is 2.40. The average Bonchev–Trinajstić information content (AvgIpc) is 3.30. The number of hydrogen-bond donors (Lipinski definition) is 2. The van der Waals surface area contributed by atoms with Crippen molar-refractivity contribution in [3.05, 3.63) is 70.1 Å². The second-order valence-corrected chi connectivity index (χ2v) is 5.12. The van der Waals surface area contributed by atoms with Crippen molar-refractivity contribution in [2.75, 3.05) is 0 Å². The molecule has 0 bridgehead atoms. The van der Waals surface area contributed by atoms with Crippen molar-refractivity contribution in [2.24, 2.45) is 5.92 Å². The van der Waals surface area contributed by atoms with E-state index in [1.807, 2.05) is 30.3 Å². The second kappa shape index (κ2) is 5.33. The molecule has 0 aliphatic heterocycles. The maximum absolute atomic E-state index is 12.3. The quantitative estimate of drug-likeness (QED) is 0.893. The summed E-state index contributed by atoms with van der Waals surface area (Å²) >= 11 is 0. The minimum absolute atomic E-state index is 0.0108. The van der Waals surface area contributed by atoms with Crippen LogP contribution in [0.2, 0.25) is 0 Å². The molecule has 1 fully saturated rings. The lowest BCUT2D eigenvalue weighted by molar-refractivity contribution is 0.0930. The second-order valence-electron chi connectivity index (χ2n) is 5.12. The van der Waals surface area contributed by atoms with E-state index in [0.29, 0.717) is 5.92 Å². The predicted octanol–water partition coefficient (Wildman–Crippen LogP) is 2.26. The van der Waals surface area contributed by atoms with Crippen LogP contribution in [-0.2, 0) is 0 Å². The fourth-order valence-corrected chi connectivity index (χ4v) is 2.38. The molecule has 1 atom stereocenters. The van der Waals surface area contributed by atoms with E-state index < -0.39 is 0 Å². The van der Waals surface area contributed by atoms with Crippen molar-refractivity contribution in [3.63, 3.8) is 0 Å². The van der Waals surface area contributed by atoms with Crippen molar-refractivity contribution in [1.82, 2.24) is 10.3 Å². The predicted molar refractivity (Wildman–Crippen MR) is 76.4 cm³/mol. The van der Waals surface area contributed by atoms with Crippen LogP contribution in [-0.4, -0.2) is 10.9 Å². The molecule has 1 aliphatic carbocycles. The molecule has 1 aromatic heterocycles. The summed E-state index contributed by atoms with van der Waals surface area (Å²) in [7, 11) is 0. The van der Waals surface area contributed by atoms with Crippen LogP contribution in [0.25, 0.3) is 0 Å². The number of benzene rings is 1. The van der Waals surface area contributed by atoms with Gasteiger partial charge in [0.25, 0.3) is 5.91 Å². The van der Waals surface area contributed by atoms with Crippen LogP contribution >= 0.6 is 0 Å². The number of hydrogen-bond acceptors (Lipinski definition) is 2. The van der Waals surface area contributed by atoms with Gasteiger partial charge in [-0.3, -0.25) is 9.59 Å². The number of aromatic nitrogens is 1. The van der Waals surface area contributed by atoms with E-state index in [0.717, 1.165) is 18.4 Å². The third-order valence-electron chi connectivity index (χ3n) is 3.61. The van der Waals surface area contributed by atoms with Gasteiger partial charge in [0.15, 0.2) is 5.43 Å². The third-order valence-corrected chi connectivity index (χ3v) is 3.61. The monoisotopic (exact) mass is 268 g/mol. The molecule has 1 amide bonds. The SMILES string of the molecule is O=C(NC(c1ccccc1)C1CC1)c1c[nH]ccc1=O. The van der Waals surface area contributed by atoms with E-state index in [4.69, 9.17) is 0 Å². The number of rotatable bonds is 4. The summed E-state index contributed by atoms with van der Waals surface area (Å²) in [5, 5.41) is 2.99. The zero-order valence-electron chi connectivity index (χ0n) is 11.0. The Morgan fingerprint density at radius 1 is 1.20 bits per heavy atom. The molecule has 1 aliphatic rings. The van der Waals surface area contributed by atoms with Crippen LogP contribution in [0.3, 0.4) is 0 Å². The molecule has 1 heterocycles. The van der Waals surface area contributed by atoms with Gasteiger partial charge in [-0.2, -0.15) is 0 Å². The summed E-state index contributed by atoms with van der Waals surface area (Å²) in [6, 6.07) is 11.3. The number of carbonyl (C=O) groups is 1. The molecule has 0 spiro atoms. The minimum atomic E-state index is -0.312. The fourth-order valence-electron chi connectivity index (χ4n) is 2.38. The molecule has 2 N–H and O–H groups in total. The first-order valence-electron chi connectivity index (χ1n) is 6.78. The average molecular weight is 268 g/mol. The normalized spacial score (nSPS) is 15.6. The molecule has 4 heteroatoms. The van der Waals surface area contributed by atoms with Gasteiger partial charge in [0.2, 0.25) is 0 Å². The van der Waals surface area contributed by atoms with Crippen LogP contribution in [0.5, 0.6) is 0 Å². The van der Waals surface area contributed by atoms with Gasteiger partial charge < -0.3 is 10.3 Å². The highest BCUT2D eigenvalue weighted by atomic mass is 16.2. The first-order valence-corrected chi connectivity index (χ1v) is 6.78. The molecule has 3 rings (SSSR count). The molecule has 0 radical (unpaired) electrons. The molecule has 1 unspecified atom stereocenters. The highest BCUT2D eigenvalue weighted by molar-refractivity contribution is 5.94. The lowest BCUT2D eigenvalue weighted by atomic mass is 10.0. The third kappa shape index (κ3) is 2.64. The number of H-pyrrole nitrogens is 1. The van der Waals surface area contributed by atoms with Crippen LogP contribution in [0.1, 0.15) is 34.8 Å². The van der Waals surface area contributed by atoms with E-state index in [1.165, 1.54) is 18.5 Å². The van der Waals surface area contributed by atoms with E-state index in [-0.39, 0.29) is 22.9 Å². The van der Waals surface area contributed by atoms with Gasteiger partial charge in [0, 0.05) is 18.5 Å². The fraction of sp³-hybridized carbons (Fsp3) is 0.250. The summed E-state index contributed by atoms with van der Waals surface area (Å²) < 4.78 is 0. The molecule has 4 nitrogen and oxygen atoms in total. The van der Waals surface area contributed by atoms with E-state index in [1.54, 1.807) is 0 Å². The van der Waals surface area contributed by atoms with Crippen molar-refractivity contribution in [1.29, 1.82) is 0 Å². The summed E-state index contributed by atoms with van der Waals surface area (Å²) in [6.07, 6.45) is 5.21. The van der Waals surface area contributed by atoms with Crippen molar-refractivity contribution in [2.45, 2.75) is 18.9 Å². The largest absolute Gasteiger partial charge is 0.367 e. The summed E-state index contributed by atoms with van der Waals surface area (Å²) in [5.41, 5.74) is 0.994. The Bertz CT molecular complexity index is 659. The Balaban J connectivity index is 1.83. The summed E-state index contributed by atoms with van der Waals surface area (Å²) in [6.45, 7) is 0. The van der Waals surface area contributed by atoms with Crippen LogP contribution < -0.4 is 10.7 Å². The molecule has 1 aromatic carbocycles. The zero-order valence-corrected chi connectivity index (χ0v) is 11.0. The Morgan fingerprint density at radius 3 is 2.60 bits per heavy atom. The maximum Gasteiger partial charge on any atom is 0.257 e. The van der Waals surface area contributed by atoms with Crippen LogP contribution in [0, 0.1) is 5.92 Å². The lowest BCUT2D eigenvalue weighted by Gasteiger charge is -2.18. The number of pyridine rings is 1.